The Morgan fingerprint density at radius 1 is 1.62 bits per heavy atom. The molecule has 0 aromatic rings. The molecule has 1 rings (SSSR count). The second-order valence-electron chi connectivity index (χ2n) is 3.81. The van der Waals surface area contributed by atoms with Crippen molar-refractivity contribution in [3.05, 3.63) is 0 Å². The van der Waals surface area contributed by atoms with E-state index in [1.807, 2.05) is 0 Å². The van der Waals surface area contributed by atoms with Gasteiger partial charge in [-0.2, -0.15) is 0 Å². The van der Waals surface area contributed by atoms with Gasteiger partial charge in [-0.15, -0.1) is 0 Å². The Morgan fingerprint density at radius 2 is 2.31 bits per heavy atom. The number of carbonyl (C=O) groups is 1. The van der Waals surface area contributed by atoms with Crippen molar-refractivity contribution >= 4 is 17.7 Å². The third kappa shape index (κ3) is 3.16. The lowest BCUT2D eigenvalue weighted by Gasteiger charge is -2.14. The quantitative estimate of drug-likeness (QED) is 0.565. The first-order valence-electron chi connectivity index (χ1n) is 4.70. The van der Waals surface area contributed by atoms with Crippen LogP contribution in [0.25, 0.3) is 0 Å². The fraction of sp³-hybridized carbons (Fsp3) is 0.889. The molecule has 1 aliphatic rings. The van der Waals surface area contributed by atoms with Gasteiger partial charge in [0.1, 0.15) is 12.1 Å². The van der Waals surface area contributed by atoms with E-state index in [2.05, 4.69) is 11.8 Å². The van der Waals surface area contributed by atoms with E-state index in [0.29, 0.717) is 5.92 Å². The van der Waals surface area contributed by atoms with Crippen LogP contribution in [0.3, 0.4) is 0 Å². The van der Waals surface area contributed by atoms with Crippen LogP contribution < -0.4 is 4.84 Å². The molecule has 2 unspecified atom stereocenters. The minimum atomic E-state index is -0.419. The van der Waals surface area contributed by atoms with E-state index in [1.54, 1.807) is 6.92 Å². The first-order valence-corrected chi connectivity index (χ1v) is 5.08. The van der Waals surface area contributed by atoms with Crippen LogP contribution in [0.15, 0.2) is 0 Å². The summed E-state index contributed by atoms with van der Waals surface area (Å²) < 4.78 is 5.25. The van der Waals surface area contributed by atoms with Gasteiger partial charge < -0.3 is 4.74 Å². The largest absolute Gasteiger partial charge is 0.461 e. The monoisotopic (exact) mass is 205 g/mol. The number of ether oxygens (including phenoxy) is 1. The van der Waals surface area contributed by atoms with Crippen LogP contribution in [0.5, 0.6) is 0 Å². The zero-order valence-corrected chi connectivity index (χ0v) is 8.80. The molecule has 13 heavy (non-hydrogen) atoms. The topological polar surface area (TPSA) is 38.3 Å². The minimum Gasteiger partial charge on any atom is -0.461 e. The highest BCUT2D eigenvalue weighted by Crippen LogP contribution is 2.27. The summed E-state index contributed by atoms with van der Waals surface area (Å²) in [5.74, 6) is 0.422. The normalized spacial score (nSPS) is 30.1. The lowest BCUT2D eigenvalue weighted by molar-refractivity contribution is -0.150. The van der Waals surface area contributed by atoms with Crippen LogP contribution in [0, 0.1) is 5.92 Å². The minimum absolute atomic E-state index is 0.106. The van der Waals surface area contributed by atoms with Crippen molar-refractivity contribution in [2.45, 2.75) is 45.3 Å². The predicted molar refractivity (Wildman–Crippen MR) is 51.3 cm³/mol. The highest BCUT2D eigenvalue weighted by molar-refractivity contribution is 6.14. The highest BCUT2D eigenvalue weighted by Gasteiger charge is 2.26. The molecule has 1 saturated carbocycles. The maximum atomic E-state index is 11.3. The molecule has 0 bridgehead atoms. The third-order valence-corrected chi connectivity index (χ3v) is 2.77. The van der Waals surface area contributed by atoms with E-state index >= 15 is 0 Å². The van der Waals surface area contributed by atoms with Crippen molar-refractivity contribution < 1.29 is 9.53 Å². The third-order valence-electron chi connectivity index (χ3n) is 2.45. The number of halogens is 1. The van der Waals surface area contributed by atoms with Crippen molar-refractivity contribution in [2.24, 2.45) is 5.92 Å². The number of hydrogen-bond acceptors (Lipinski definition) is 3. The van der Waals surface area contributed by atoms with Crippen molar-refractivity contribution in [1.82, 2.24) is 4.84 Å². The summed E-state index contributed by atoms with van der Waals surface area (Å²) in [6.07, 6.45) is 3.23. The molecular weight excluding hydrogens is 190 g/mol. The Hall–Kier alpha value is -0.280. The molecule has 1 aliphatic carbocycles. The Morgan fingerprint density at radius 3 is 2.77 bits per heavy atom. The highest BCUT2D eigenvalue weighted by atomic mass is 35.5. The van der Waals surface area contributed by atoms with E-state index in [-0.39, 0.29) is 12.1 Å². The SMILES string of the molecule is CC1CCC(OC(=O)[C@H](C)NCl)C1. The summed E-state index contributed by atoms with van der Waals surface area (Å²) in [6, 6.07) is -0.419. The van der Waals surface area contributed by atoms with Crippen LogP contribution in [0.2, 0.25) is 0 Å². The molecule has 4 heteroatoms. The smallest absolute Gasteiger partial charge is 0.324 e. The number of nitrogens with one attached hydrogen (secondary N) is 1. The molecule has 0 spiro atoms. The van der Waals surface area contributed by atoms with Crippen LogP contribution in [-0.2, 0) is 9.53 Å². The van der Waals surface area contributed by atoms with Gasteiger partial charge in [-0.25, -0.2) is 4.84 Å². The van der Waals surface area contributed by atoms with Crippen LogP contribution >= 0.6 is 11.8 Å². The maximum absolute atomic E-state index is 11.3. The summed E-state index contributed by atoms with van der Waals surface area (Å²) in [5, 5.41) is 0. The predicted octanol–water partition coefficient (Wildman–Crippen LogP) is 1.85. The average Bonchev–Trinajstić information content (AvgIpc) is 2.49. The van der Waals surface area contributed by atoms with Gasteiger partial charge in [-0.1, -0.05) is 6.92 Å². The van der Waals surface area contributed by atoms with Crippen molar-refractivity contribution in [3.63, 3.8) is 0 Å². The van der Waals surface area contributed by atoms with E-state index < -0.39 is 6.04 Å². The molecule has 3 nitrogen and oxygen atoms in total. The van der Waals surface area contributed by atoms with Crippen molar-refractivity contribution in [2.75, 3.05) is 0 Å². The van der Waals surface area contributed by atoms with E-state index in [4.69, 9.17) is 16.5 Å². The van der Waals surface area contributed by atoms with Crippen LogP contribution in [0.1, 0.15) is 33.1 Å². The number of carbonyl (C=O) groups excluding carboxylic acids is 1. The fourth-order valence-electron chi connectivity index (χ4n) is 1.57. The van der Waals surface area contributed by atoms with Gasteiger partial charge in [0.2, 0.25) is 0 Å². The van der Waals surface area contributed by atoms with Gasteiger partial charge in [0.25, 0.3) is 0 Å². The lowest BCUT2D eigenvalue weighted by atomic mass is 10.1. The molecule has 76 valence electrons. The van der Waals surface area contributed by atoms with Gasteiger partial charge in [-0.3, -0.25) is 4.79 Å². The van der Waals surface area contributed by atoms with Crippen LogP contribution in [-0.4, -0.2) is 18.1 Å². The molecule has 0 radical (unpaired) electrons. The molecule has 0 aliphatic heterocycles. The maximum Gasteiger partial charge on any atom is 0.324 e. The van der Waals surface area contributed by atoms with Gasteiger partial charge in [0.05, 0.1) is 0 Å². The Kier molecular flexibility index (Phi) is 4.00. The molecule has 3 atom stereocenters. The molecule has 0 amide bonds. The molecule has 0 aromatic carbocycles. The zero-order valence-electron chi connectivity index (χ0n) is 8.05. The summed E-state index contributed by atoms with van der Waals surface area (Å²) in [7, 11) is 0. The fourth-order valence-corrected chi connectivity index (χ4v) is 1.66. The van der Waals surface area contributed by atoms with Crippen molar-refractivity contribution in [3.8, 4) is 0 Å². The second kappa shape index (κ2) is 4.82. The first-order chi connectivity index (χ1) is 6.13. The Balaban J connectivity index is 2.28. The van der Waals surface area contributed by atoms with Gasteiger partial charge in [0, 0.05) is 0 Å². The summed E-state index contributed by atoms with van der Waals surface area (Å²) in [6.45, 7) is 3.87. The summed E-state index contributed by atoms with van der Waals surface area (Å²) >= 11 is 5.31. The number of rotatable bonds is 3. The molecular formula is C9H16ClNO2. The van der Waals surface area contributed by atoms with Gasteiger partial charge in [0.15, 0.2) is 0 Å². The summed E-state index contributed by atoms with van der Waals surface area (Å²) in [5.41, 5.74) is 0. The number of esters is 1. The average molecular weight is 206 g/mol. The van der Waals surface area contributed by atoms with Crippen LogP contribution in [0.4, 0.5) is 0 Å². The summed E-state index contributed by atoms with van der Waals surface area (Å²) in [4.78, 5) is 13.6. The van der Waals surface area contributed by atoms with E-state index in [9.17, 15) is 4.79 Å². The number of hydrogen-bond donors (Lipinski definition) is 1. The standard InChI is InChI=1S/C9H16ClNO2/c1-6-3-4-8(5-6)13-9(12)7(2)11-10/h6-8,11H,3-5H2,1-2H3/t6?,7-,8?/m0/s1. The molecule has 0 heterocycles. The molecule has 1 fully saturated rings. The Bertz CT molecular complexity index is 186. The second-order valence-corrected chi connectivity index (χ2v) is 4.03. The van der Waals surface area contributed by atoms with Gasteiger partial charge in [-0.05, 0) is 43.9 Å². The molecule has 0 saturated heterocycles. The Labute approximate surface area is 83.9 Å². The van der Waals surface area contributed by atoms with Gasteiger partial charge >= 0.3 is 5.97 Å². The van der Waals surface area contributed by atoms with E-state index in [1.165, 1.54) is 0 Å². The zero-order chi connectivity index (χ0) is 9.84. The lowest BCUT2D eigenvalue weighted by Crippen LogP contribution is -2.31. The first kappa shape index (κ1) is 10.8. The molecule has 0 aromatic heterocycles. The molecule has 1 N–H and O–H groups in total. The van der Waals surface area contributed by atoms with E-state index in [0.717, 1.165) is 19.3 Å². The van der Waals surface area contributed by atoms with Crippen molar-refractivity contribution in [1.29, 1.82) is 0 Å².